The molecule has 1 aliphatic carbocycles. The molecule has 0 amide bonds. The van der Waals surface area contributed by atoms with Gasteiger partial charge in [0, 0.05) is 11.3 Å². The lowest BCUT2D eigenvalue weighted by Crippen LogP contribution is -2.39. The molecule has 0 heterocycles. The second-order valence-corrected chi connectivity index (χ2v) is 5.65. The van der Waals surface area contributed by atoms with Crippen molar-refractivity contribution in [3.05, 3.63) is 12.2 Å². The molecule has 0 saturated carbocycles. The van der Waals surface area contributed by atoms with E-state index < -0.39 is 35.1 Å². The molecule has 0 aromatic heterocycles. The molecule has 5 heteroatoms. The molecule has 2 N–H and O–H groups in total. The van der Waals surface area contributed by atoms with Crippen LogP contribution in [0.5, 0.6) is 0 Å². The topological polar surface area (TPSA) is 91.7 Å². The van der Waals surface area contributed by atoms with E-state index in [2.05, 4.69) is 0 Å². The number of Topliss-reactive ketones (excluding diaryl/α,β-unsaturated/α-hetero) is 1. The van der Waals surface area contributed by atoms with Crippen LogP contribution in [0.3, 0.4) is 0 Å². The van der Waals surface area contributed by atoms with E-state index in [0.717, 1.165) is 0 Å². The SMILES string of the molecule is CC(C)(C)C(=O)C1C=CC(C(=O)O)CC1C(=O)O. The summed E-state index contributed by atoms with van der Waals surface area (Å²) in [6.07, 6.45) is 2.83. The number of rotatable bonds is 3. The van der Waals surface area contributed by atoms with Crippen molar-refractivity contribution < 1.29 is 24.6 Å². The number of carbonyl (C=O) groups excluding carboxylic acids is 1. The Labute approximate surface area is 105 Å². The summed E-state index contributed by atoms with van der Waals surface area (Å²) >= 11 is 0. The predicted molar refractivity (Wildman–Crippen MR) is 64.0 cm³/mol. The summed E-state index contributed by atoms with van der Waals surface area (Å²) in [4.78, 5) is 34.2. The van der Waals surface area contributed by atoms with E-state index in [1.54, 1.807) is 20.8 Å². The van der Waals surface area contributed by atoms with E-state index in [1.165, 1.54) is 12.2 Å². The third-order valence-electron chi connectivity index (χ3n) is 3.17. The van der Waals surface area contributed by atoms with Crippen LogP contribution >= 0.6 is 0 Å². The minimum Gasteiger partial charge on any atom is -0.481 e. The van der Waals surface area contributed by atoms with Crippen molar-refractivity contribution in [3.8, 4) is 0 Å². The van der Waals surface area contributed by atoms with Crippen molar-refractivity contribution in [2.45, 2.75) is 27.2 Å². The van der Waals surface area contributed by atoms with Gasteiger partial charge in [0.05, 0.1) is 11.8 Å². The Morgan fingerprint density at radius 2 is 1.61 bits per heavy atom. The van der Waals surface area contributed by atoms with Crippen molar-refractivity contribution in [1.82, 2.24) is 0 Å². The fourth-order valence-electron chi connectivity index (χ4n) is 2.09. The summed E-state index contributed by atoms with van der Waals surface area (Å²) in [7, 11) is 0. The van der Waals surface area contributed by atoms with Gasteiger partial charge in [-0.3, -0.25) is 14.4 Å². The van der Waals surface area contributed by atoms with E-state index >= 15 is 0 Å². The van der Waals surface area contributed by atoms with Crippen molar-refractivity contribution >= 4 is 17.7 Å². The number of hydrogen-bond donors (Lipinski definition) is 2. The molecular weight excluding hydrogens is 236 g/mol. The summed E-state index contributed by atoms with van der Waals surface area (Å²) < 4.78 is 0. The standard InChI is InChI=1S/C13H18O5/c1-13(2,3)10(14)8-5-4-7(11(15)16)6-9(8)12(17)18/h4-5,7-9H,6H2,1-3H3,(H,15,16)(H,17,18). The fraction of sp³-hybridized carbons (Fsp3) is 0.615. The average Bonchev–Trinajstić information content (AvgIpc) is 2.25. The fourth-order valence-corrected chi connectivity index (χ4v) is 2.09. The van der Waals surface area contributed by atoms with Crippen LogP contribution in [-0.2, 0) is 14.4 Å². The molecule has 1 rings (SSSR count). The summed E-state index contributed by atoms with van der Waals surface area (Å²) in [6, 6.07) is 0. The number of hydrogen-bond acceptors (Lipinski definition) is 3. The number of aliphatic carboxylic acids is 2. The average molecular weight is 254 g/mol. The maximum Gasteiger partial charge on any atom is 0.310 e. The first-order chi connectivity index (χ1) is 8.14. The Morgan fingerprint density at radius 1 is 1.06 bits per heavy atom. The largest absolute Gasteiger partial charge is 0.481 e. The first kappa shape index (κ1) is 14.4. The Morgan fingerprint density at radius 3 is 2.00 bits per heavy atom. The molecule has 0 bridgehead atoms. The van der Waals surface area contributed by atoms with Crippen molar-refractivity contribution in [2.75, 3.05) is 0 Å². The van der Waals surface area contributed by atoms with Crippen molar-refractivity contribution in [1.29, 1.82) is 0 Å². The third-order valence-corrected chi connectivity index (χ3v) is 3.17. The smallest absolute Gasteiger partial charge is 0.310 e. The molecule has 100 valence electrons. The first-order valence-corrected chi connectivity index (χ1v) is 5.83. The van der Waals surface area contributed by atoms with Crippen LogP contribution in [0.15, 0.2) is 12.2 Å². The number of carboxylic acid groups (broad SMARTS) is 2. The maximum atomic E-state index is 12.1. The molecule has 18 heavy (non-hydrogen) atoms. The Kier molecular flexibility index (Phi) is 3.94. The molecule has 0 radical (unpaired) electrons. The molecule has 0 fully saturated rings. The normalized spacial score (nSPS) is 27.8. The van der Waals surface area contributed by atoms with Gasteiger partial charge in [-0.1, -0.05) is 32.9 Å². The zero-order valence-electron chi connectivity index (χ0n) is 10.7. The van der Waals surface area contributed by atoms with Gasteiger partial charge < -0.3 is 10.2 Å². The van der Waals surface area contributed by atoms with Gasteiger partial charge in [-0.05, 0) is 6.42 Å². The lowest BCUT2D eigenvalue weighted by Gasteiger charge is -2.30. The molecule has 0 saturated heterocycles. The van der Waals surface area contributed by atoms with Crippen molar-refractivity contribution in [3.63, 3.8) is 0 Å². The van der Waals surface area contributed by atoms with Gasteiger partial charge in [-0.2, -0.15) is 0 Å². The highest BCUT2D eigenvalue weighted by molar-refractivity contribution is 5.92. The summed E-state index contributed by atoms with van der Waals surface area (Å²) in [5, 5.41) is 18.0. The van der Waals surface area contributed by atoms with Gasteiger partial charge in [-0.25, -0.2) is 0 Å². The molecule has 3 unspecified atom stereocenters. The summed E-state index contributed by atoms with van der Waals surface area (Å²) in [5.41, 5.74) is -0.640. The van der Waals surface area contributed by atoms with Crippen LogP contribution in [0.4, 0.5) is 0 Å². The monoisotopic (exact) mass is 254 g/mol. The Bertz CT molecular complexity index is 402. The van der Waals surface area contributed by atoms with E-state index in [4.69, 9.17) is 10.2 Å². The molecule has 5 nitrogen and oxygen atoms in total. The van der Waals surface area contributed by atoms with Gasteiger partial charge >= 0.3 is 11.9 Å². The molecule has 3 atom stereocenters. The number of carboxylic acids is 2. The lowest BCUT2D eigenvalue weighted by molar-refractivity contribution is -0.150. The second kappa shape index (κ2) is 4.92. The van der Waals surface area contributed by atoms with Crippen LogP contribution in [0.2, 0.25) is 0 Å². The highest BCUT2D eigenvalue weighted by Crippen LogP contribution is 2.34. The van der Waals surface area contributed by atoms with Crippen LogP contribution in [0, 0.1) is 23.2 Å². The van der Waals surface area contributed by atoms with Gasteiger partial charge in [0.25, 0.3) is 0 Å². The van der Waals surface area contributed by atoms with E-state index in [9.17, 15) is 14.4 Å². The second-order valence-electron chi connectivity index (χ2n) is 5.65. The zero-order chi connectivity index (χ0) is 14.1. The number of ketones is 1. The minimum atomic E-state index is -1.12. The molecule has 0 aromatic carbocycles. The predicted octanol–water partition coefficient (Wildman–Crippen LogP) is 1.58. The van der Waals surface area contributed by atoms with E-state index in [-0.39, 0.29) is 12.2 Å². The summed E-state index contributed by atoms with van der Waals surface area (Å²) in [5.74, 6) is -4.86. The van der Waals surface area contributed by atoms with Crippen LogP contribution in [0.25, 0.3) is 0 Å². The molecule has 0 aliphatic heterocycles. The maximum absolute atomic E-state index is 12.1. The van der Waals surface area contributed by atoms with Gasteiger partial charge in [0.15, 0.2) is 0 Å². The van der Waals surface area contributed by atoms with Gasteiger partial charge in [0.1, 0.15) is 5.78 Å². The Hall–Kier alpha value is -1.65. The highest BCUT2D eigenvalue weighted by atomic mass is 16.4. The molecule has 0 spiro atoms. The quantitative estimate of drug-likeness (QED) is 0.746. The van der Waals surface area contributed by atoms with Crippen LogP contribution in [-0.4, -0.2) is 27.9 Å². The molecule has 1 aliphatic rings. The Balaban J connectivity index is 3.04. The van der Waals surface area contributed by atoms with E-state index in [0.29, 0.717) is 0 Å². The lowest BCUT2D eigenvalue weighted by atomic mass is 9.71. The van der Waals surface area contributed by atoms with Gasteiger partial charge in [0.2, 0.25) is 0 Å². The van der Waals surface area contributed by atoms with Crippen LogP contribution < -0.4 is 0 Å². The van der Waals surface area contributed by atoms with Crippen LogP contribution in [0.1, 0.15) is 27.2 Å². The van der Waals surface area contributed by atoms with Gasteiger partial charge in [-0.15, -0.1) is 0 Å². The first-order valence-electron chi connectivity index (χ1n) is 5.83. The summed E-state index contributed by atoms with van der Waals surface area (Å²) in [6.45, 7) is 5.18. The molecule has 0 aromatic rings. The number of allylic oxidation sites excluding steroid dienone is 1. The number of carbonyl (C=O) groups is 3. The minimum absolute atomic E-state index is 0.0341. The zero-order valence-corrected chi connectivity index (χ0v) is 10.7. The van der Waals surface area contributed by atoms with Crippen molar-refractivity contribution in [2.24, 2.45) is 23.2 Å². The third kappa shape index (κ3) is 2.97. The molecular formula is C13H18O5. The van der Waals surface area contributed by atoms with E-state index in [1.807, 2.05) is 0 Å². The highest BCUT2D eigenvalue weighted by Gasteiger charge is 2.41.